The number of alkyl halides is 1. The first-order valence-electron chi connectivity index (χ1n) is 4.05. The fourth-order valence-corrected chi connectivity index (χ4v) is 1.04. The van der Waals surface area contributed by atoms with Gasteiger partial charge in [-0.25, -0.2) is 0 Å². The van der Waals surface area contributed by atoms with Gasteiger partial charge in [0.1, 0.15) is 0 Å². The third-order valence-corrected chi connectivity index (χ3v) is 1.91. The number of aliphatic hydroxyl groups is 1. The highest BCUT2D eigenvalue weighted by Crippen LogP contribution is 2.06. The van der Waals surface area contributed by atoms with Crippen LogP contribution in [0.2, 0.25) is 0 Å². The Bertz CT molecular complexity index is 66.3. The minimum absolute atomic E-state index is 0.0877. The molecule has 2 heteroatoms. The molecule has 0 heterocycles. The molecular formula is C8H17ClO. The van der Waals surface area contributed by atoms with E-state index in [4.69, 9.17) is 16.7 Å². The van der Waals surface area contributed by atoms with Gasteiger partial charge in [0.2, 0.25) is 0 Å². The number of aliphatic hydroxyl groups excluding tert-OH is 1. The fraction of sp³-hybridized carbons (Fsp3) is 1.00. The van der Waals surface area contributed by atoms with Gasteiger partial charge in [0.25, 0.3) is 0 Å². The molecule has 0 spiro atoms. The number of halogens is 1. The number of unbranched alkanes of at least 4 members (excludes halogenated alkanes) is 2. The summed E-state index contributed by atoms with van der Waals surface area (Å²) in [5.41, 5.74) is 0. The van der Waals surface area contributed by atoms with Crippen molar-refractivity contribution in [3.05, 3.63) is 0 Å². The Labute approximate surface area is 68.4 Å². The van der Waals surface area contributed by atoms with Gasteiger partial charge in [0.05, 0.1) is 6.10 Å². The summed E-state index contributed by atoms with van der Waals surface area (Å²) < 4.78 is 0. The molecule has 0 radical (unpaired) electrons. The van der Waals surface area contributed by atoms with E-state index in [-0.39, 0.29) is 6.10 Å². The average Bonchev–Trinajstić information content (AvgIpc) is 1.98. The Morgan fingerprint density at radius 3 is 2.50 bits per heavy atom. The van der Waals surface area contributed by atoms with Gasteiger partial charge in [-0.2, -0.15) is 0 Å². The van der Waals surface area contributed by atoms with Gasteiger partial charge in [-0.05, 0) is 19.3 Å². The lowest BCUT2D eigenvalue weighted by molar-refractivity contribution is 0.156. The highest BCUT2D eigenvalue weighted by molar-refractivity contribution is 6.17. The quantitative estimate of drug-likeness (QED) is 0.473. The molecule has 62 valence electrons. The Balaban J connectivity index is 2.89. The number of hydrogen-bond acceptors (Lipinski definition) is 1. The Hall–Kier alpha value is 0.250. The van der Waals surface area contributed by atoms with E-state index in [0.29, 0.717) is 0 Å². The molecule has 0 aliphatic carbocycles. The van der Waals surface area contributed by atoms with Crippen LogP contribution in [0, 0.1) is 0 Å². The van der Waals surface area contributed by atoms with Gasteiger partial charge in [0.15, 0.2) is 0 Å². The predicted molar refractivity (Wildman–Crippen MR) is 45.5 cm³/mol. The molecule has 0 aliphatic heterocycles. The summed E-state index contributed by atoms with van der Waals surface area (Å²) in [6.45, 7) is 2.01. The van der Waals surface area contributed by atoms with Crippen LogP contribution in [0.3, 0.4) is 0 Å². The van der Waals surface area contributed by atoms with E-state index in [1.54, 1.807) is 0 Å². The Kier molecular flexibility index (Phi) is 7.54. The average molecular weight is 165 g/mol. The third kappa shape index (κ3) is 6.37. The lowest BCUT2D eigenvalue weighted by Crippen LogP contribution is -2.03. The molecule has 0 saturated carbocycles. The summed E-state index contributed by atoms with van der Waals surface area (Å²) in [5, 5.41) is 9.12. The maximum absolute atomic E-state index is 9.12. The highest BCUT2D eigenvalue weighted by Gasteiger charge is 1.98. The van der Waals surface area contributed by atoms with Crippen molar-refractivity contribution in [1.82, 2.24) is 0 Å². The van der Waals surface area contributed by atoms with Crippen molar-refractivity contribution < 1.29 is 5.11 Å². The lowest BCUT2D eigenvalue weighted by atomic mass is 10.1. The number of hydrogen-bond donors (Lipinski definition) is 1. The van der Waals surface area contributed by atoms with Crippen LogP contribution in [-0.2, 0) is 0 Å². The van der Waals surface area contributed by atoms with Crippen LogP contribution in [0.5, 0.6) is 0 Å². The molecule has 0 rings (SSSR count). The first-order chi connectivity index (χ1) is 4.81. The van der Waals surface area contributed by atoms with Gasteiger partial charge >= 0.3 is 0 Å². The molecule has 0 fully saturated rings. The topological polar surface area (TPSA) is 20.2 Å². The predicted octanol–water partition coefficient (Wildman–Crippen LogP) is 2.56. The molecule has 0 bridgehead atoms. The smallest absolute Gasteiger partial charge is 0.0537 e. The van der Waals surface area contributed by atoms with Crippen LogP contribution in [-0.4, -0.2) is 17.1 Å². The van der Waals surface area contributed by atoms with Crippen LogP contribution in [0.4, 0.5) is 0 Å². The van der Waals surface area contributed by atoms with E-state index in [1.807, 2.05) is 6.92 Å². The van der Waals surface area contributed by atoms with E-state index in [0.717, 1.165) is 38.0 Å². The monoisotopic (exact) mass is 164 g/mol. The Morgan fingerprint density at radius 1 is 1.30 bits per heavy atom. The van der Waals surface area contributed by atoms with Crippen LogP contribution < -0.4 is 0 Å². The largest absolute Gasteiger partial charge is 0.393 e. The van der Waals surface area contributed by atoms with Crippen LogP contribution in [0.25, 0.3) is 0 Å². The summed E-state index contributed by atoms with van der Waals surface area (Å²) in [6, 6.07) is 0. The lowest BCUT2D eigenvalue weighted by Gasteiger charge is -2.05. The molecule has 0 aliphatic rings. The van der Waals surface area contributed by atoms with Crippen molar-refractivity contribution in [3.8, 4) is 0 Å². The van der Waals surface area contributed by atoms with E-state index in [9.17, 15) is 0 Å². The zero-order valence-corrected chi connectivity index (χ0v) is 7.40. The molecule has 1 nitrogen and oxygen atoms in total. The van der Waals surface area contributed by atoms with Crippen molar-refractivity contribution in [3.63, 3.8) is 0 Å². The zero-order chi connectivity index (χ0) is 7.82. The molecule has 1 atom stereocenters. The summed E-state index contributed by atoms with van der Waals surface area (Å²) >= 11 is 5.49. The van der Waals surface area contributed by atoms with Gasteiger partial charge < -0.3 is 5.11 Å². The minimum atomic E-state index is -0.0877. The molecule has 0 amide bonds. The second kappa shape index (κ2) is 7.36. The van der Waals surface area contributed by atoms with Crippen LogP contribution in [0.15, 0.2) is 0 Å². The third-order valence-electron chi connectivity index (χ3n) is 1.64. The second-order valence-corrected chi connectivity index (χ2v) is 2.98. The van der Waals surface area contributed by atoms with Crippen molar-refractivity contribution in [2.24, 2.45) is 0 Å². The molecule has 1 N–H and O–H groups in total. The summed E-state index contributed by atoms with van der Waals surface area (Å²) in [4.78, 5) is 0. The highest BCUT2D eigenvalue weighted by atomic mass is 35.5. The van der Waals surface area contributed by atoms with Crippen LogP contribution >= 0.6 is 11.6 Å². The molecule has 0 aromatic carbocycles. The maximum atomic E-state index is 9.12. The van der Waals surface area contributed by atoms with Gasteiger partial charge in [-0.3, -0.25) is 0 Å². The summed E-state index contributed by atoms with van der Waals surface area (Å²) in [6.07, 6.45) is 5.07. The van der Waals surface area contributed by atoms with E-state index in [2.05, 4.69) is 0 Å². The van der Waals surface area contributed by atoms with E-state index in [1.165, 1.54) is 0 Å². The molecule has 0 aromatic rings. The van der Waals surface area contributed by atoms with Crippen molar-refractivity contribution in [1.29, 1.82) is 0 Å². The van der Waals surface area contributed by atoms with Crippen molar-refractivity contribution in [2.45, 2.75) is 45.1 Å². The zero-order valence-electron chi connectivity index (χ0n) is 6.65. The SMILES string of the molecule is CCC(O)CCCCCCl. The molecular weight excluding hydrogens is 148 g/mol. The summed E-state index contributed by atoms with van der Waals surface area (Å²) in [5.74, 6) is 0.752. The molecule has 1 unspecified atom stereocenters. The maximum Gasteiger partial charge on any atom is 0.0537 e. The van der Waals surface area contributed by atoms with Crippen molar-refractivity contribution >= 4 is 11.6 Å². The standard InChI is InChI=1S/C8H17ClO/c1-2-8(10)6-4-3-5-7-9/h8,10H,2-7H2,1H3. The number of rotatable bonds is 6. The molecule has 0 saturated heterocycles. The Morgan fingerprint density at radius 2 is 2.00 bits per heavy atom. The first kappa shape index (κ1) is 10.2. The molecule has 0 aromatic heterocycles. The fourth-order valence-electron chi connectivity index (χ4n) is 0.855. The van der Waals surface area contributed by atoms with Gasteiger partial charge in [-0.15, -0.1) is 11.6 Å². The van der Waals surface area contributed by atoms with E-state index < -0.39 is 0 Å². The minimum Gasteiger partial charge on any atom is -0.393 e. The summed E-state index contributed by atoms with van der Waals surface area (Å²) in [7, 11) is 0. The first-order valence-corrected chi connectivity index (χ1v) is 4.58. The van der Waals surface area contributed by atoms with Crippen LogP contribution in [0.1, 0.15) is 39.0 Å². The van der Waals surface area contributed by atoms with Gasteiger partial charge in [-0.1, -0.05) is 19.8 Å². The van der Waals surface area contributed by atoms with Crippen molar-refractivity contribution in [2.75, 3.05) is 5.88 Å². The van der Waals surface area contributed by atoms with Gasteiger partial charge in [0, 0.05) is 5.88 Å². The normalized spacial score (nSPS) is 13.5. The molecule has 10 heavy (non-hydrogen) atoms. The second-order valence-electron chi connectivity index (χ2n) is 2.60. The van der Waals surface area contributed by atoms with E-state index >= 15 is 0 Å².